The molecule has 0 aliphatic carbocycles. The third-order valence-corrected chi connectivity index (χ3v) is 3.85. The number of hydrogen-bond donors (Lipinski definition) is 1. The molecule has 0 aliphatic rings. The molecule has 0 spiro atoms. The number of thiocarbonyl (C=S) groups is 1. The second-order valence-corrected chi connectivity index (χ2v) is 5.60. The van der Waals surface area contributed by atoms with Gasteiger partial charge in [-0.15, -0.1) is 0 Å². The van der Waals surface area contributed by atoms with E-state index in [9.17, 15) is 4.39 Å². The lowest BCUT2D eigenvalue weighted by molar-refractivity contribution is 0.507. The Bertz CT molecular complexity index is 638. The Morgan fingerprint density at radius 2 is 1.76 bits per heavy atom. The van der Waals surface area contributed by atoms with Crippen molar-refractivity contribution in [1.29, 1.82) is 0 Å². The lowest BCUT2D eigenvalue weighted by Crippen LogP contribution is -2.30. The number of nitrogens with one attached hydrogen (secondary N) is 1. The van der Waals surface area contributed by atoms with Gasteiger partial charge < -0.3 is 10.2 Å². The molecule has 2 aromatic carbocycles. The highest BCUT2D eigenvalue weighted by Gasteiger charge is 2.06. The summed E-state index contributed by atoms with van der Waals surface area (Å²) in [5.74, 6) is -0.225. The Morgan fingerprint density at radius 1 is 1.10 bits per heavy atom. The van der Waals surface area contributed by atoms with Gasteiger partial charge in [0.1, 0.15) is 5.82 Å². The van der Waals surface area contributed by atoms with E-state index in [0.717, 1.165) is 11.3 Å². The average Bonchev–Trinajstić information content (AvgIpc) is 2.45. The SMILES string of the molecule is Cc1ccc(NC(=S)N(C)Cc2ccc(F)cc2)cc1C. The molecule has 0 atom stereocenters. The van der Waals surface area contributed by atoms with E-state index in [4.69, 9.17) is 12.2 Å². The van der Waals surface area contributed by atoms with Crippen molar-refractivity contribution in [2.45, 2.75) is 20.4 Å². The molecular formula is C17H19FN2S. The van der Waals surface area contributed by atoms with Crippen LogP contribution in [0.15, 0.2) is 42.5 Å². The maximum atomic E-state index is 12.9. The summed E-state index contributed by atoms with van der Waals surface area (Å²) in [6.07, 6.45) is 0. The van der Waals surface area contributed by atoms with Gasteiger partial charge in [-0.25, -0.2) is 4.39 Å². The van der Waals surface area contributed by atoms with Crippen LogP contribution in [-0.2, 0) is 6.54 Å². The fraction of sp³-hybridized carbons (Fsp3) is 0.235. The van der Waals surface area contributed by atoms with Crippen molar-refractivity contribution in [3.8, 4) is 0 Å². The molecule has 0 amide bonds. The van der Waals surface area contributed by atoms with Gasteiger partial charge in [-0.1, -0.05) is 18.2 Å². The highest BCUT2D eigenvalue weighted by Crippen LogP contribution is 2.15. The molecule has 0 aromatic heterocycles. The number of benzene rings is 2. The predicted octanol–water partition coefficient (Wildman–Crippen LogP) is 4.27. The van der Waals surface area contributed by atoms with E-state index in [-0.39, 0.29) is 5.82 Å². The van der Waals surface area contributed by atoms with Crippen LogP contribution in [0.4, 0.5) is 10.1 Å². The minimum atomic E-state index is -0.225. The minimum Gasteiger partial charge on any atom is -0.348 e. The molecular weight excluding hydrogens is 283 g/mol. The molecule has 2 nitrogen and oxygen atoms in total. The van der Waals surface area contributed by atoms with Crippen molar-refractivity contribution in [2.75, 3.05) is 12.4 Å². The fourth-order valence-corrected chi connectivity index (χ4v) is 2.16. The number of rotatable bonds is 3. The van der Waals surface area contributed by atoms with Gasteiger partial charge >= 0.3 is 0 Å². The van der Waals surface area contributed by atoms with Crippen LogP contribution in [0.2, 0.25) is 0 Å². The Kier molecular flexibility index (Phi) is 4.91. The van der Waals surface area contributed by atoms with Gasteiger partial charge in [0.25, 0.3) is 0 Å². The zero-order valence-corrected chi connectivity index (χ0v) is 13.3. The van der Waals surface area contributed by atoms with Crippen molar-refractivity contribution in [3.63, 3.8) is 0 Å². The molecule has 2 aromatic rings. The third kappa shape index (κ3) is 4.26. The fourth-order valence-electron chi connectivity index (χ4n) is 1.97. The summed E-state index contributed by atoms with van der Waals surface area (Å²) < 4.78 is 12.9. The Balaban J connectivity index is 1.98. The molecule has 1 N–H and O–H groups in total. The van der Waals surface area contributed by atoms with Gasteiger partial charge in [0.15, 0.2) is 5.11 Å². The monoisotopic (exact) mass is 302 g/mol. The van der Waals surface area contributed by atoms with E-state index in [2.05, 4.69) is 31.3 Å². The van der Waals surface area contributed by atoms with Gasteiger partial charge in [-0.2, -0.15) is 0 Å². The highest BCUT2D eigenvalue weighted by atomic mass is 32.1. The summed E-state index contributed by atoms with van der Waals surface area (Å²) >= 11 is 5.40. The lowest BCUT2D eigenvalue weighted by atomic mass is 10.1. The van der Waals surface area contributed by atoms with Crippen LogP contribution < -0.4 is 5.32 Å². The van der Waals surface area contributed by atoms with Gasteiger partial charge in [0.2, 0.25) is 0 Å². The molecule has 0 saturated heterocycles. The zero-order chi connectivity index (χ0) is 15.4. The van der Waals surface area contributed by atoms with Gasteiger partial charge in [0, 0.05) is 19.3 Å². The number of anilines is 1. The molecule has 0 heterocycles. The third-order valence-electron chi connectivity index (χ3n) is 3.44. The zero-order valence-electron chi connectivity index (χ0n) is 12.5. The first-order chi connectivity index (χ1) is 9.95. The van der Waals surface area contributed by atoms with Crippen molar-refractivity contribution in [1.82, 2.24) is 4.90 Å². The van der Waals surface area contributed by atoms with E-state index >= 15 is 0 Å². The quantitative estimate of drug-likeness (QED) is 0.852. The summed E-state index contributed by atoms with van der Waals surface area (Å²) in [6, 6.07) is 12.6. The van der Waals surface area contributed by atoms with Crippen LogP contribution >= 0.6 is 12.2 Å². The average molecular weight is 302 g/mol. The molecule has 0 bridgehead atoms. The number of aryl methyl sites for hydroxylation is 2. The molecule has 2 rings (SSSR count). The van der Waals surface area contributed by atoms with Crippen LogP contribution in [0.1, 0.15) is 16.7 Å². The second-order valence-electron chi connectivity index (χ2n) is 5.21. The Hall–Kier alpha value is -1.94. The van der Waals surface area contributed by atoms with E-state index in [1.807, 2.05) is 18.0 Å². The molecule has 0 aliphatic heterocycles. The molecule has 0 radical (unpaired) electrons. The number of nitrogens with zero attached hydrogens (tertiary/aromatic N) is 1. The Labute approximate surface area is 130 Å². The first-order valence-corrected chi connectivity index (χ1v) is 7.20. The summed E-state index contributed by atoms with van der Waals surface area (Å²) in [4.78, 5) is 1.93. The van der Waals surface area contributed by atoms with Gasteiger partial charge in [-0.3, -0.25) is 0 Å². The van der Waals surface area contributed by atoms with Crippen LogP contribution in [0, 0.1) is 19.7 Å². The molecule has 110 valence electrons. The molecule has 4 heteroatoms. The maximum absolute atomic E-state index is 12.9. The van der Waals surface area contributed by atoms with Crippen LogP contribution in [0.5, 0.6) is 0 Å². The first kappa shape index (κ1) is 15.4. The minimum absolute atomic E-state index is 0.225. The second kappa shape index (κ2) is 6.68. The lowest BCUT2D eigenvalue weighted by Gasteiger charge is -2.21. The standard InChI is InChI=1S/C17H19FN2S/c1-12-4-9-16(10-13(12)2)19-17(21)20(3)11-14-5-7-15(18)8-6-14/h4-10H,11H2,1-3H3,(H,19,21). The highest BCUT2D eigenvalue weighted by molar-refractivity contribution is 7.80. The Morgan fingerprint density at radius 3 is 2.38 bits per heavy atom. The number of hydrogen-bond acceptors (Lipinski definition) is 1. The normalized spacial score (nSPS) is 10.3. The summed E-state index contributed by atoms with van der Waals surface area (Å²) in [6.45, 7) is 4.79. The van der Waals surface area contributed by atoms with Crippen molar-refractivity contribution >= 4 is 23.0 Å². The maximum Gasteiger partial charge on any atom is 0.173 e. The molecule has 0 unspecified atom stereocenters. The van der Waals surface area contributed by atoms with Crippen molar-refractivity contribution in [3.05, 3.63) is 65.0 Å². The van der Waals surface area contributed by atoms with Gasteiger partial charge in [-0.05, 0) is 67.0 Å². The van der Waals surface area contributed by atoms with Crippen LogP contribution in [0.3, 0.4) is 0 Å². The van der Waals surface area contributed by atoms with Crippen LogP contribution in [-0.4, -0.2) is 17.1 Å². The molecule has 21 heavy (non-hydrogen) atoms. The first-order valence-electron chi connectivity index (χ1n) is 6.79. The summed E-state index contributed by atoms with van der Waals surface area (Å²) in [5.41, 5.74) is 4.48. The largest absolute Gasteiger partial charge is 0.348 e. The van der Waals surface area contributed by atoms with Gasteiger partial charge in [0.05, 0.1) is 0 Å². The van der Waals surface area contributed by atoms with Crippen LogP contribution in [0.25, 0.3) is 0 Å². The predicted molar refractivity (Wildman–Crippen MR) is 90.0 cm³/mol. The van der Waals surface area contributed by atoms with E-state index in [0.29, 0.717) is 11.7 Å². The number of halogens is 1. The smallest absolute Gasteiger partial charge is 0.173 e. The summed E-state index contributed by atoms with van der Waals surface area (Å²) in [5, 5.41) is 3.87. The van der Waals surface area contributed by atoms with Crippen molar-refractivity contribution in [2.24, 2.45) is 0 Å². The molecule has 0 fully saturated rings. The molecule has 0 saturated carbocycles. The van der Waals surface area contributed by atoms with E-state index < -0.39 is 0 Å². The van der Waals surface area contributed by atoms with E-state index in [1.54, 1.807) is 12.1 Å². The summed E-state index contributed by atoms with van der Waals surface area (Å²) in [7, 11) is 1.92. The van der Waals surface area contributed by atoms with Crippen molar-refractivity contribution < 1.29 is 4.39 Å². The van der Waals surface area contributed by atoms with E-state index in [1.165, 1.54) is 23.3 Å². The topological polar surface area (TPSA) is 15.3 Å².